The van der Waals surface area contributed by atoms with Gasteiger partial charge in [0.15, 0.2) is 0 Å². The first-order valence-electron chi connectivity index (χ1n) is 6.49. The van der Waals surface area contributed by atoms with E-state index < -0.39 is 0 Å². The van der Waals surface area contributed by atoms with Crippen molar-refractivity contribution >= 4 is 0 Å². The number of nitrogens with zero attached hydrogens (tertiary/aromatic N) is 1. The van der Waals surface area contributed by atoms with Crippen molar-refractivity contribution in [3.63, 3.8) is 0 Å². The van der Waals surface area contributed by atoms with Gasteiger partial charge in [-0.2, -0.15) is 0 Å². The van der Waals surface area contributed by atoms with E-state index in [4.69, 9.17) is 5.73 Å². The quantitative estimate of drug-likeness (QED) is 0.864. The molecule has 2 unspecified atom stereocenters. The molecule has 1 aromatic heterocycles. The van der Waals surface area contributed by atoms with E-state index in [-0.39, 0.29) is 6.04 Å². The van der Waals surface area contributed by atoms with E-state index in [9.17, 15) is 0 Å². The summed E-state index contributed by atoms with van der Waals surface area (Å²) < 4.78 is 0. The third-order valence-corrected chi connectivity index (χ3v) is 3.53. The number of hydrogen-bond acceptors (Lipinski definition) is 2. The highest BCUT2D eigenvalue weighted by Crippen LogP contribution is 2.23. The molecule has 2 rings (SSSR count). The summed E-state index contributed by atoms with van der Waals surface area (Å²) >= 11 is 0. The lowest BCUT2D eigenvalue weighted by Crippen LogP contribution is -2.19. The van der Waals surface area contributed by atoms with Crippen molar-refractivity contribution in [1.29, 1.82) is 0 Å². The van der Waals surface area contributed by atoms with Crippen LogP contribution in [0.1, 0.15) is 37.7 Å². The lowest BCUT2D eigenvalue weighted by Gasteiger charge is -2.15. The Morgan fingerprint density at radius 3 is 2.56 bits per heavy atom. The van der Waals surface area contributed by atoms with Gasteiger partial charge in [-0.15, -0.1) is 0 Å². The van der Waals surface area contributed by atoms with Crippen LogP contribution in [0, 0.1) is 12.8 Å². The highest BCUT2D eigenvalue weighted by molar-refractivity contribution is 5.58. The Bertz CT molecular complexity index is 499. The average molecular weight is 243 g/mol. The van der Waals surface area contributed by atoms with E-state index in [1.54, 1.807) is 0 Å². The van der Waals surface area contributed by atoms with Crippen molar-refractivity contribution < 1.29 is 0 Å². The molecular weight excluding hydrogens is 222 g/mol. The third-order valence-electron chi connectivity index (χ3n) is 3.53. The minimum atomic E-state index is -0.0193. The van der Waals surface area contributed by atoms with Crippen molar-refractivity contribution in [2.45, 2.75) is 33.2 Å². The Morgan fingerprint density at radius 2 is 1.94 bits per heavy atom. The summed E-state index contributed by atoms with van der Waals surface area (Å²) in [6.45, 7) is 6.38. The highest BCUT2D eigenvalue weighted by atomic mass is 15.0. The lowest BCUT2D eigenvalue weighted by atomic mass is 10.00. The van der Waals surface area contributed by atoms with E-state index >= 15 is 0 Å². The Kier molecular flexibility index (Phi) is 3.82. The van der Waals surface area contributed by atoms with Gasteiger partial charge in [-0.1, -0.05) is 50.1 Å². The van der Waals surface area contributed by atoms with Gasteiger partial charge in [0, 0.05) is 0 Å². The topological polar surface area (TPSA) is 54.7 Å². The summed E-state index contributed by atoms with van der Waals surface area (Å²) in [5, 5.41) is 0. The number of rotatable bonds is 4. The van der Waals surface area contributed by atoms with Crippen LogP contribution in [0.25, 0.3) is 11.3 Å². The average Bonchev–Trinajstić information content (AvgIpc) is 2.87. The third kappa shape index (κ3) is 2.62. The molecule has 0 radical (unpaired) electrons. The Hall–Kier alpha value is -1.61. The number of imidazole rings is 1. The van der Waals surface area contributed by atoms with Crippen LogP contribution < -0.4 is 5.73 Å². The summed E-state index contributed by atoms with van der Waals surface area (Å²) in [5.74, 6) is 1.31. The van der Waals surface area contributed by atoms with Gasteiger partial charge in [0.25, 0.3) is 0 Å². The molecule has 18 heavy (non-hydrogen) atoms. The Balaban J connectivity index is 2.22. The van der Waals surface area contributed by atoms with Crippen molar-refractivity contribution in [2.24, 2.45) is 11.7 Å². The number of aromatic amines is 1. The molecule has 0 aliphatic carbocycles. The zero-order chi connectivity index (χ0) is 13.1. The number of aryl methyl sites for hydroxylation is 1. The first kappa shape index (κ1) is 12.8. The molecule has 2 aromatic rings. The maximum atomic E-state index is 6.17. The zero-order valence-electron chi connectivity index (χ0n) is 11.3. The minimum Gasteiger partial charge on any atom is -0.341 e. The summed E-state index contributed by atoms with van der Waals surface area (Å²) in [6, 6.07) is 8.38. The highest BCUT2D eigenvalue weighted by Gasteiger charge is 2.16. The maximum absolute atomic E-state index is 6.17. The predicted molar refractivity (Wildman–Crippen MR) is 75.1 cm³/mol. The lowest BCUT2D eigenvalue weighted by molar-refractivity contribution is 0.441. The zero-order valence-corrected chi connectivity index (χ0v) is 11.3. The van der Waals surface area contributed by atoms with Crippen molar-refractivity contribution in [3.05, 3.63) is 41.9 Å². The van der Waals surface area contributed by atoms with Crippen LogP contribution in [0.3, 0.4) is 0 Å². The molecule has 0 saturated carbocycles. The number of H-pyrrole nitrogens is 1. The van der Waals surface area contributed by atoms with Crippen LogP contribution in [0.2, 0.25) is 0 Å². The fourth-order valence-corrected chi connectivity index (χ4v) is 1.91. The van der Waals surface area contributed by atoms with Gasteiger partial charge in [0.1, 0.15) is 5.82 Å². The molecule has 0 aliphatic rings. The molecular formula is C15H21N3. The normalized spacial score (nSPS) is 14.4. The number of nitrogens with two attached hydrogens (primary N) is 1. The summed E-state index contributed by atoms with van der Waals surface area (Å²) in [5.41, 5.74) is 9.61. The van der Waals surface area contributed by atoms with Gasteiger partial charge < -0.3 is 10.7 Å². The van der Waals surface area contributed by atoms with E-state index in [2.05, 4.69) is 55.0 Å². The maximum Gasteiger partial charge on any atom is 0.123 e. The summed E-state index contributed by atoms with van der Waals surface area (Å²) in [7, 11) is 0. The summed E-state index contributed by atoms with van der Waals surface area (Å²) in [4.78, 5) is 7.73. The van der Waals surface area contributed by atoms with Crippen molar-refractivity contribution in [1.82, 2.24) is 9.97 Å². The molecule has 1 aromatic carbocycles. The van der Waals surface area contributed by atoms with Crippen LogP contribution in [-0.4, -0.2) is 9.97 Å². The molecule has 0 bridgehead atoms. The Morgan fingerprint density at radius 1 is 1.28 bits per heavy atom. The first-order chi connectivity index (χ1) is 8.61. The van der Waals surface area contributed by atoms with E-state index in [0.717, 1.165) is 23.5 Å². The predicted octanol–water partition coefficient (Wildman–Crippen LogP) is 3.43. The minimum absolute atomic E-state index is 0.0193. The van der Waals surface area contributed by atoms with Gasteiger partial charge in [0.2, 0.25) is 0 Å². The molecule has 1 heterocycles. The largest absolute Gasteiger partial charge is 0.341 e. The fourth-order valence-electron chi connectivity index (χ4n) is 1.91. The second-order valence-electron chi connectivity index (χ2n) is 4.96. The number of hydrogen-bond donors (Lipinski definition) is 2. The standard InChI is InChI=1S/C15H21N3/c1-4-11(3)14(16)15-17-9-13(18-15)12-7-5-10(2)6-8-12/h5-9,11,14H,4,16H2,1-3H3,(H,17,18). The van der Waals surface area contributed by atoms with Gasteiger partial charge >= 0.3 is 0 Å². The van der Waals surface area contributed by atoms with Crippen LogP contribution in [-0.2, 0) is 0 Å². The van der Waals surface area contributed by atoms with Gasteiger partial charge in [-0.25, -0.2) is 4.98 Å². The molecule has 0 aliphatic heterocycles. The van der Waals surface area contributed by atoms with Gasteiger partial charge in [-0.05, 0) is 18.4 Å². The van der Waals surface area contributed by atoms with Crippen LogP contribution in [0.4, 0.5) is 0 Å². The fraction of sp³-hybridized carbons (Fsp3) is 0.400. The second kappa shape index (κ2) is 5.36. The van der Waals surface area contributed by atoms with Crippen LogP contribution in [0.15, 0.2) is 30.5 Å². The molecule has 3 N–H and O–H groups in total. The molecule has 0 spiro atoms. The van der Waals surface area contributed by atoms with Crippen molar-refractivity contribution in [3.8, 4) is 11.3 Å². The van der Waals surface area contributed by atoms with Crippen LogP contribution >= 0.6 is 0 Å². The molecule has 0 amide bonds. The number of nitrogens with one attached hydrogen (secondary N) is 1. The molecule has 3 nitrogen and oxygen atoms in total. The SMILES string of the molecule is CCC(C)C(N)c1ncc(-c2ccc(C)cc2)[nH]1. The summed E-state index contributed by atoms with van der Waals surface area (Å²) in [6.07, 6.45) is 2.92. The van der Waals surface area contributed by atoms with Gasteiger partial charge in [-0.3, -0.25) is 0 Å². The van der Waals surface area contributed by atoms with Crippen LogP contribution in [0.5, 0.6) is 0 Å². The Labute approximate surface area is 108 Å². The van der Waals surface area contributed by atoms with E-state index in [1.165, 1.54) is 5.56 Å². The number of benzene rings is 1. The van der Waals surface area contributed by atoms with Crippen molar-refractivity contribution in [2.75, 3.05) is 0 Å². The van der Waals surface area contributed by atoms with E-state index in [1.807, 2.05) is 6.20 Å². The number of aromatic nitrogens is 2. The van der Waals surface area contributed by atoms with E-state index in [0.29, 0.717) is 5.92 Å². The smallest absolute Gasteiger partial charge is 0.123 e. The van der Waals surface area contributed by atoms with Gasteiger partial charge in [0.05, 0.1) is 17.9 Å². The monoisotopic (exact) mass is 243 g/mol. The molecule has 3 heteroatoms. The molecule has 2 atom stereocenters. The molecule has 96 valence electrons. The second-order valence-corrected chi connectivity index (χ2v) is 4.96. The molecule has 0 fully saturated rings. The molecule has 0 saturated heterocycles. The first-order valence-corrected chi connectivity index (χ1v) is 6.49.